The fourth-order valence-electron chi connectivity index (χ4n) is 2.66. The minimum atomic E-state index is 0. The van der Waals surface area contributed by atoms with Gasteiger partial charge in [0.1, 0.15) is 5.75 Å². The molecule has 0 radical (unpaired) electrons. The van der Waals surface area contributed by atoms with E-state index in [9.17, 15) is 4.79 Å². The molecule has 1 fully saturated rings. The molecule has 1 aromatic carbocycles. The summed E-state index contributed by atoms with van der Waals surface area (Å²) in [6, 6.07) is 8.29. The number of hydrogen-bond donors (Lipinski definition) is 1. The Morgan fingerprint density at radius 1 is 1.12 bits per heavy atom. The Labute approximate surface area is 157 Å². The summed E-state index contributed by atoms with van der Waals surface area (Å²) in [4.78, 5) is 16.4. The lowest BCUT2D eigenvalue weighted by Gasteiger charge is -2.34. The smallest absolute Gasteiger partial charge is 0.223 e. The molecule has 1 aliphatic rings. The van der Waals surface area contributed by atoms with Gasteiger partial charge in [0, 0.05) is 45.7 Å². The van der Waals surface area contributed by atoms with Gasteiger partial charge in [-0.05, 0) is 31.7 Å². The normalized spacial score (nSPS) is 14.5. The second-order valence-electron chi connectivity index (χ2n) is 5.59. The number of nitrogens with one attached hydrogen (secondary N) is 1. The molecule has 0 bridgehead atoms. The van der Waals surface area contributed by atoms with E-state index in [1.54, 1.807) is 0 Å². The summed E-state index contributed by atoms with van der Waals surface area (Å²) in [6.45, 7) is 7.93. The van der Waals surface area contributed by atoms with Crippen LogP contribution in [0.1, 0.15) is 18.9 Å². The largest absolute Gasteiger partial charge is 0.494 e. The van der Waals surface area contributed by atoms with Gasteiger partial charge in [-0.1, -0.05) is 12.1 Å². The number of amides is 1. The summed E-state index contributed by atoms with van der Waals surface area (Å²) in [5, 5.41) is 3.02. The van der Waals surface area contributed by atoms with Crippen LogP contribution < -0.4 is 10.1 Å². The molecule has 0 spiro atoms. The molecular weight excluding hydrogens is 349 g/mol. The second kappa shape index (κ2) is 12.4. The highest BCUT2D eigenvalue weighted by atomic mass is 35.5. The zero-order chi connectivity index (χ0) is 15.8. The molecule has 7 heteroatoms. The maximum absolute atomic E-state index is 12.0. The number of benzene rings is 1. The molecule has 1 saturated heterocycles. The number of carbonyl (C=O) groups is 1. The number of piperazine rings is 1. The average Bonchev–Trinajstić information content (AvgIpc) is 2.55. The van der Waals surface area contributed by atoms with Crippen LogP contribution in [-0.4, -0.2) is 62.1 Å². The first-order valence-electron chi connectivity index (χ1n) is 8.09. The lowest BCUT2D eigenvalue weighted by Crippen LogP contribution is -2.48. The predicted molar refractivity (Wildman–Crippen MR) is 103 cm³/mol. The van der Waals surface area contributed by atoms with Crippen molar-refractivity contribution < 1.29 is 9.53 Å². The monoisotopic (exact) mass is 377 g/mol. The number of nitrogens with zero attached hydrogens (tertiary/aromatic N) is 2. The molecule has 1 aromatic rings. The lowest BCUT2D eigenvalue weighted by atomic mass is 10.2. The standard InChI is InChI=1S/C17H27N3O2.2ClH/c1-3-22-16-6-4-15(5-7-16)14-19-10-12-20(13-11-19)17(21)8-9-18-2;;/h4-7,18H,3,8-14H2,1-2H3;2*1H. The van der Waals surface area contributed by atoms with Gasteiger partial charge in [-0.3, -0.25) is 9.69 Å². The van der Waals surface area contributed by atoms with Crippen molar-refractivity contribution in [1.82, 2.24) is 15.1 Å². The number of carbonyl (C=O) groups excluding carboxylic acids is 1. The Morgan fingerprint density at radius 3 is 2.29 bits per heavy atom. The van der Waals surface area contributed by atoms with Crippen molar-refractivity contribution in [2.45, 2.75) is 19.9 Å². The van der Waals surface area contributed by atoms with Crippen LogP contribution >= 0.6 is 24.8 Å². The van der Waals surface area contributed by atoms with Crippen LogP contribution in [0.25, 0.3) is 0 Å². The van der Waals surface area contributed by atoms with E-state index in [1.165, 1.54) is 5.56 Å². The summed E-state index contributed by atoms with van der Waals surface area (Å²) < 4.78 is 5.46. The van der Waals surface area contributed by atoms with Crippen molar-refractivity contribution in [2.24, 2.45) is 0 Å². The zero-order valence-electron chi connectivity index (χ0n) is 14.5. The van der Waals surface area contributed by atoms with Crippen LogP contribution in [0.3, 0.4) is 0 Å². The van der Waals surface area contributed by atoms with Gasteiger partial charge in [0.05, 0.1) is 6.61 Å². The van der Waals surface area contributed by atoms with Gasteiger partial charge < -0.3 is 15.0 Å². The summed E-state index contributed by atoms with van der Waals surface area (Å²) in [6.07, 6.45) is 0.593. The molecule has 1 heterocycles. The predicted octanol–water partition coefficient (Wildman–Crippen LogP) is 2.18. The zero-order valence-corrected chi connectivity index (χ0v) is 16.1. The molecule has 0 aromatic heterocycles. The highest BCUT2D eigenvalue weighted by Crippen LogP contribution is 2.14. The molecule has 2 rings (SSSR count). The quantitative estimate of drug-likeness (QED) is 0.790. The molecular formula is C17H29Cl2N3O2. The van der Waals surface area contributed by atoms with Crippen molar-refractivity contribution in [1.29, 1.82) is 0 Å². The van der Waals surface area contributed by atoms with E-state index in [0.717, 1.165) is 45.0 Å². The molecule has 5 nitrogen and oxygen atoms in total. The number of rotatable bonds is 7. The SMILES string of the molecule is CCOc1ccc(CN2CCN(C(=O)CCNC)CC2)cc1.Cl.Cl. The summed E-state index contributed by atoms with van der Waals surface area (Å²) in [7, 11) is 1.88. The fraction of sp³-hybridized carbons (Fsp3) is 0.588. The first kappa shape index (κ1) is 23.0. The second-order valence-corrected chi connectivity index (χ2v) is 5.59. The van der Waals surface area contributed by atoms with E-state index in [1.807, 2.05) is 31.0 Å². The number of hydrogen-bond acceptors (Lipinski definition) is 4. The molecule has 24 heavy (non-hydrogen) atoms. The van der Waals surface area contributed by atoms with Crippen molar-refractivity contribution in [3.8, 4) is 5.75 Å². The van der Waals surface area contributed by atoms with E-state index in [4.69, 9.17) is 4.74 Å². The fourth-order valence-corrected chi connectivity index (χ4v) is 2.66. The Bertz CT molecular complexity index is 463. The van der Waals surface area contributed by atoms with Gasteiger partial charge >= 0.3 is 0 Å². The summed E-state index contributed by atoms with van der Waals surface area (Å²) in [5.74, 6) is 1.18. The summed E-state index contributed by atoms with van der Waals surface area (Å²) >= 11 is 0. The molecule has 0 aliphatic carbocycles. The Kier molecular flexibility index (Phi) is 11.8. The van der Waals surface area contributed by atoms with Crippen LogP contribution in [0.4, 0.5) is 0 Å². The maximum Gasteiger partial charge on any atom is 0.223 e. The molecule has 0 atom stereocenters. The van der Waals surface area contributed by atoms with E-state index >= 15 is 0 Å². The van der Waals surface area contributed by atoms with Gasteiger partial charge in [0.15, 0.2) is 0 Å². The molecule has 0 saturated carbocycles. The van der Waals surface area contributed by atoms with Crippen molar-refractivity contribution >= 4 is 30.7 Å². The topological polar surface area (TPSA) is 44.8 Å². The Balaban J connectivity index is 0.00000264. The molecule has 1 amide bonds. The minimum Gasteiger partial charge on any atom is -0.494 e. The highest BCUT2D eigenvalue weighted by molar-refractivity contribution is 5.85. The highest BCUT2D eigenvalue weighted by Gasteiger charge is 2.20. The Hall–Kier alpha value is -1.01. The van der Waals surface area contributed by atoms with Crippen LogP contribution in [0, 0.1) is 0 Å². The maximum atomic E-state index is 12.0. The van der Waals surface area contributed by atoms with Crippen LogP contribution in [-0.2, 0) is 11.3 Å². The lowest BCUT2D eigenvalue weighted by molar-refractivity contribution is -0.132. The van der Waals surface area contributed by atoms with E-state index < -0.39 is 0 Å². The molecule has 1 aliphatic heterocycles. The van der Waals surface area contributed by atoms with Gasteiger partial charge in [-0.15, -0.1) is 24.8 Å². The van der Waals surface area contributed by atoms with Crippen molar-refractivity contribution in [3.05, 3.63) is 29.8 Å². The van der Waals surface area contributed by atoms with E-state index in [-0.39, 0.29) is 30.7 Å². The first-order chi connectivity index (χ1) is 10.7. The van der Waals surface area contributed by atoms with Crippen LogP contribution in [0.5, 0.6) is 5.75 Å². The van der Waals surface area contributed by atoms with Crippen LogP contribution in [0.15, 0.2) is 24.3 Å². The van der Waals surface area contributed by atoms with Gasteiger partial charge in [-0.25, -0.2) is 0 Å². The van der Waals surface area contributed by atoms with Crippen molar-refractivity contribution in [3.63, 3.8) is 0 Å². The third-order valence-corrected chi connectivity index (χ3v) is 3.95. The van der Waals surface area contributed by atoms with Crippen LogP contribution in [0.2, 0.25) is 0 Å². The third-order valence-electron chi connectivity index (χ3n) is 3.95. The molecule has 138 valence electrons. The third kappa shape index (κ3) is 7.26. The molecule has 1 N–H and O–H groups in total. The minimum absolute atomic E-state index is 0. The van der Waals surface area contributed by atoms with Gasteiger partial charge in [0.2, 0.25) is 5.91 Å². The number of ether oxygens (including phenoxy) is 1. The average molecular weight is 378 g/mol. The molecule has 0 unspecified atom stereocenters. The van der Waals surface area contributed by atoms with Gasteiger partial charge in [-0.2, -0.15) is 0 Å². The van der Waals surface area contributed by atoms with Crippen molar-refractivity contribution in [2.75, 3.05) is 46.4 Å². The van der Waals surface area contributed by atoms with Gasteiger partial charge in [0.25, 0.3) is 0 Å². The van der Waals surface area contributed by atoms with E-state index in [2.05, 4.69) is 22.3 Å². The van der Waals surface area contributed by atoms with E-state index in [0.29, 0.717) is 13.0 Å². The number of halogens is 2. The summed E-state index contributed by atoms with van der Waals surface area (Å²) in [5.41, 5.74) is 1.29. The Morgan fingerprint density at radius 2 is 1.75 bits per heavy atom. The first-order valence-corrected chi connectivity index (χ1v) is 8.09.